The van der Waals surface area contributed by atoms with Crippen molar-refractivity contribution in [2.45, 2.75) is 32.4 Å². The van der Waals surface area contributed by atoms with Gasteiger partial charge in [0.05, 0.1) is 22.5 Å². The van der Waals surface area contributed by atoms with Crippen molar-refractivity contribution in [3.63, 3.8) is 0 Å². The molecule has 0 bridgehead atoms. The van der Waals surface area contributed by atoms with E-state index < -0.39 is 11.7 Å². The van der Waals surface area contributed by atoms with E-state index in [2.05, 4.69) is 21.2 Å². The third-order valence-corrected chi connectivity index (χ3v) is 4.36. The van der Waals surface area contributed by atoms with Crippen LogP contribution in [0.1, 0.15) is 20.8 Å². The van der Waals surface area contributed by atoms with Gasteiger partial charge in [0, 0.05) is 24.5 Å². The van der Waals surface area contributed by atoms with Gasteiger partial charge in [-0.3, -0.25) is 0 Å². The third-order valence-electron chi connectivity index (χ3n) is 3.55. The van der Waals surface area contributed by atoms with Crippen LogP contribution in [0.4, 0.5) is 14.9 Å². The van der Waals surface area contributed by atoms with Crippen LogP contribution < -0.4 is 10.2 Å². The van der Waals surface area contributed by atoms with Crippen LogP contribution in [0.5, 0.6) is 0 Å². The lowest BCUT2D eigenvalue weighted by Gasteiger charge is -2.41. The number of nitrogens with zero attached hydrogens (tertiary/aromatic N) is 1. The lowest BCUT2D eigenvalue weighted by molar-refractivity contribution is 0.0496. The molecule has 0 atom stereocenters. The number of furan rings is 1. The lowest BCUT2D eigenvalue weighted by Crippen LogP contribution is -2.60. The van der Waals surface area contributed by atoms with Crippen molar-refractivity contribution in [1.82, 2.24) is 5.32 Å². The van der Waals surface area contributed by atoms with Gasteiger partial charge < -0.3 is 19.4 Å². The van der Waals surface area contributed by atoms with Gasteiger partial charge in [0.2, 0.25) is 0 Å². The van der Waals surface area contributed by atoms with Gasteiger partial charge in [-0.2, -0.15) is 0 Å². The molecule has 0 radical (unpaired) electrons. The van der Waals surface area contributed by atoms with Crippen LogP contribution in [0.25, 0.3) is 11.0 Å². The number of carbonyl (C=O) groups is 1. The van der Waals surface area contributed by atoms with E-state index in [1.54, 1.807) is 6.07 Å². The maximum absolute atomic E-state index is 14.0. The van der Waals surface area contributed by atoms with Crippen LogP contribution in [0.3, 0.4) is 0 Å². The van der Waals surface area contributed by atoms with Crippen LogP contribution in [0, 0.1) is 5.82 Å². The van der Waals surface area contributed by atoms with E-state index in [1.807, 2.05) is 25.7 Å². The first kappa shape index (κ1) is 16.1. The minimum absolute atomic E-state index is 0.0263. The number of hydrogen-bond acceptors (Lipinski definition) is 4. The van der Waals surface area contributed by atoms with Crippen LogP contribution in [0.2, 0.25) is 0 Å². The van der Waals surface area contributed by atoms with Gasteiger partial charge in [-0.1, -0.05) is 0 Å². The topological polar surface area (TPSA) is 54.7 Å². The molecule has 0 unspecified atom stereocenters. The minimum atomic E-state index is -0.525. The summed E-state index contributed by atoms with van der Waals surface area (Å²) in [5.41, 5.74) is 0.796. The van der Waals surface area contributed by atoms with Gasteiger partial charge in [-0.05, 0) is 42.8 Å². The standard InChI is InChI=1S/C16H18BrFN2O3/c1-16(2,3)23-15(21)19-9-7-20(8-9)12-6-11(18)13(17)10-4-5-22-14(10)12/h4-6,9H,7-8H2,1-3H3,(H,19,21). The molecule has 2 aromatic rings. The van der Waals surface area contributed by atoms with E-state index in [0.717, 1.165) is 0 Å². The first-order valence-corrected chi connectivity index (χ1v) is 8.13. The molecular formula is C16H18BrFN2O3. The molecule has 1 aliphatic heterocycles. The lowest BCUT2D eigenvalue weighted by atomic mass is 10.1. The predicted molar refractivity (Wildman–Crippen MR) is 89.2 cm³/mol. The summed E-state index contributed by atoms with van der Waals surface area (Å²) in [7, 11) is 0. The highest BCUT2D eigenvalue weighted by Crippen LogP contribution is 2.37. The van der Waals surface area contributed by atoms with Crippen molar-refractivity contribution < 1.29 is 18.3 Å². The zero-order valence-corrected chi connectivity index (χ0v) is 14.7. The number of fused-ring (bicyclic) bond motifs is 1. The zero-order chi connectivity index (χ0) is 16.8. The van der Waals surface area contributed by atoms with Crippen molar-refractivity contribution in [1.29, 1.82) is 0 Å². The van der Waals surface area contributed by atoms with Gasteiger partial charge in [-0.25, -0.2) is 9.18 Å². The molecule has 1 aromatic heterocycles. The first-order chi connectivity index (χ1) is 10.7. The van der Waals surface area contributed by atoms with Crippen molar-refractivity contribution in [2.24, 2.45) is 0 Å². The maximum Gasteiger partial charge on any atom is 0.407 e. The summed E-state index contributed by atoms with van der Waals surface area (Å²) in [4.78, 5) is 13.7. The number of nitrogens with one attached hydrogen (secondary N) is 1. The number of halogens is 2. The Morgan fingerprint density at radius 2 is 2.17 bits per heavy atom. The van der Waals surface area contributed by atoms with Crippen molar-refractivity contribution in [3.8, 4) is 0 Å². The zero-order valence-electron chi connectivity index (χ0n) is 13.2. The van der Waals surface area contributed by atoms with E-state index in [-0.39, 0.29) is 11.9 Å². The van der Waals surface area contributed by atoms with Crippen LogP contribution in [0.15, 0.2) is 27.3 Å². The number of carbonyl (C=O) groups excluding carboxylic acids is 1. The number of anilines is 1. The molecule has 3 rings (SSSR count). The largest absolute Gasteiger partial charge is 0.462 e. The minimum Gasteiger partial charge on any atom is -0.462 e. The molecule has 1 fully saturated rings. The molecule has 23 heavy (non-hydrogen) atoms. The number of alkyl carbamates (subject to hydrolysis) is 1. The molecule has 1 aliphatic rings. The van der Waals surface area contributed by atoms with Crippen LogP contribution in [-0.2, 0) is 4.74 Å². The fourth-order valence-corrected chi connectivity index (χ4v) is 2.96. The molecule has 0 aliphatic carbocycles. The number of rotatable bonds is 2. The Morgan fingerprint density at radius 1 is 1.48 bits per heavy atom. The summed E-state index contributed by atoms with van der Waals surface area (Å²) in [6, 6.07) is 3.14. The van der Waals surface area contributed by atoms with Gasteiger partial charge in [-0.15, -0.1) is 0 Å². The Labute approximate surface area is 141 Å². The van der Waals surface area contributed by atoms with Crippen LogP contribution >= 0.6 is 15.9 Å². The second kappa shape index (κ2) is 5.70. The second-order valence-electron chi connectivity index (χ2n) is 6.60. The monoisotopic (exact) mass is 384 g/mol. The van der Waals surface area contributed by atoms with E-state index in [1.165, 1.54) is 12.3 Å². The third kappa shape index (κ3) is 3.29. The van der Waals surface area contributed by atoms with Crippen LogP contribution in [-0.4, -0.2) is 30.8 Å². The Morgan fingerprint density at radius 3 is 2.83 bits per heavy atom. The van der Waals surface area contributed by atoms with Gasteiger partial charge >= 0.3 is 6.09 Å². The van der Waals surface area contributed by atoms with E-state index in [9.17, 15) is 9.18 Å². The average Bonchev–Trinajstić information content (AvgIpc) is 2.85. The highest BCUT2D eigenvalue weighted by Gasteiger charge is 2.32. The summed E-state index contributed by atoms with van der Waals surface area (Å²) < 4.78 is 25.1. The fourth-order valence-electron chi connectivity index (χ4n) is 2.53. The highest BCUT2D eigenvalue weighted by atomic mass is 79.9. The molecule has 1 aromatic carbocycles. The molecule has 2 heterocycles. The second-order valence-corrected chi connectivity index (χ2v) is 7.40. The Balaban J connectivity index is 1.67. The number of amides is 1. The Hall–Kier alpha value is -1.76. The molecule has 1 amide bonds. The first-order valence-electron chi connectivity index (χ1n) is 7.34. The summed E-state index contributed by atoms with van der Waals surface area (Å²) in [6.45, 7) is 6.61. The Kier molecular flexibility index (Phi) is 4.00. The van der Waals surface area contributed by atoms with Crippen molar-refractivity contribution in [2.75, 3.05) is 18.0 Å². The summed E-state index contributed by atoms with van der Waals surface area (Å²) >= 11 is 3.23. The quantitative estimate of drug-likeness (QED) is 0.848. The summed E-state index contributed by atoms with van der Waals surface area (Å²) in [5, 5.41) is 3.50. The predicted octanol–water partition coefficient (Wildman–Crippen LogP) is 4.05. The van der Waals surface area contributed by atoms with Gasteiger partial charge in [0.1, 0.15) is 11.4 Å². The van der Waals surface area contributed by atoms with Crippen molar-refractivity contribution >= 4 is 38.7 Å². The molecule has 7 heteroatoms. The highest BCUT2D eigenvalue weighted by molar-refractivity contribution is 9.10. The molecular weight excluding hydrogens is 367 g/mol. The molecule has 0 spiro atoms. The number of ether oxygens (including phenoxy) is 1. The average molecular weight is 385 g/mol. The number of hydrogen-bond donors (Lipinski definition) is 1. The van der Waals surface area contributed by atoms with E-state index in [4.69, 9.17) is 9.15 Å². The van der Waals surface area contributed by atoms with E-state index in [0.29, 0.717) is 34.2 Å². The fraction of sp³-hybridized carbons (Fsp3) is 0.438. The maximum atomic E-state index is 14.0. The normalized spacial score (nSPS) is 15.6. The molecule has 124 valence electrons. The smallest absolute Gasteiger partial charge is 0.407 e. The molecule has 1 saturated heterocycles. The summed E-state index contributed by atoms with van der Waals surface area (Å²) in [6.07, 6.45) is 1.10. The van der Waals surface area contributed by atoms with Crippen molar-refractivity contribution in [3.05, 3.63) is 28.7 Å². The van der Waals surface area contributed by atoms with Gasteiger partial charge in [0.15, 0.2) is 5.58 Å². The molecule has 1 N–H and O–H groups in total. The number of benzene rings is 1. The molecule has 0 saturated carbocycles. The molecule has 5 nitrogen and oxygen atoms in total. The van der Waals surface area contributed by atoms with Gasteiger partial charge in [0.25, 0.3) is 0 Å². The summed E-state index contributed by atoms with van der Waals surface area (Å²) in [5.74, 6) is -0.336. The van der Waals surface area contributed by atoms with E-state index >= 15 is 0 Å². The SMILES string of the molecule is CC(C)(C)OC(=O)NC1CN(c2cc(F)c(Br)c3ccoc23)C1. The Bertz CT molecular complexity index is 748.